The van der Waals surface area contributed by atoms with Gasteiger partial charge in [-0.15, -0.1) is 0 Å². The second-order valence-electron chi connectivity index (χ2n) is 12.4. The Labute approximate surface area is 222 Å². The second-order valence-corrected chi connectivity index (χ2v) is 12.4. The molecule has 0 atom stereocenters. The summed E-state index contributed by atoms with van der Waals surface area (Å²) >= 11 is 0. The maximum atomic E-state index is 11.0. The highest BCUT2D eigenvalue weighted by molar-refractivity contribution is 6.05. The van der Waals surface area contributed by atoms with Crippen LogP contribution < -0.4 is 0 Å². The van der Waals surface area contributed by atoms with Crippen LogP contribution in [0.25, 0.3) is 11.8 Å². The number of phenols is 1. The lowest BCUT2D eigenvalue weighted by Crippen LogP contribution is -2.40. The molecule has 2 aromatic rings. The third kappa shape index (κ3) is 4.15. The van der Waals surface area contributed by atoms with E-state index < -0.39 is 0 Å². The quantitative estimate of drug-likeness (QED) is 0.310. The molecule has 5 aliphatic rings. The molecule has 0 amide bonds. The van der Waals surface area contributed by atoms with Gasteiger partial charge in [-0.2, -0.15) is 4.58 Å². The number of phenolic OH excluding ortho intramolecular Hbond substituents is 1. The number of fused-ring (bicyclic) bond motifs is 1. The van der Waals surface area contributed by atoms with E-state index in [1.165, 1.54) is 67.5 Å². The fraction of sp³-hybridized carbons (Fsp3) is 0.500. The number of nitrogens with zero attached hydrogens (tertiary/aromatic N) is 1. The van der Waals surface area contributed by atoms with Gasteiger partial charge in [-0.05, 0) is 99.0 Å². The van der Waals surface area contributed by atoms with Gasteiger partial charge in [0, 0.05) is 24.1 Å². The molecular formula is C34H42NO2+. The molecule has 4 aliphatic carbocycles. The number of unbranched alkanes of at least 4 members (excludes halogenated alkanes) is 1. The summed E-state index contributed by atoms with van der Waals surface area (Å²) in [7, 11) is 1.79. The average Bonchev–Trinajstić information content (AvgIpc) is 3.10. The summed E-state index contributed by atoms with van der Waals surface area (Å²) in [4.78, 5) is 0. The molecule has 37 heavy (non-hydrogen) atoms. The fourth-order valence-electron chi connectivity index (χ4n) is 8.16. The van der Waals surface area contributed by atoms with Gasteiger partial charge in [0.1, 0.15) is 18.1 Å². The van der Waals surface area contributed by atoms with Crippen molar-refractivity contribution in [1.29, 1.82) is 0 Å². The van der Waals surface area contributed by atoms with Crippen molar-refractivity contribution in [2.75, 3.05) is 13.7 Å². The number of allylic oxidation sites excluding steroid dienone is 2. The molecule has 4 bridgehead atoms. The van der Waals surface area contributed by atoms with Gasteiger partial charge < -0.3 is 9.84 Å². The van der Waals surface area contributed by atoms with Crippen molar-refractivity contribution in [3.63, 3.8) is 0 Å². The van der Waals surface area contributed by atoms with Crippen LogP contribution in [0.1, 0.15) is 82.4 Å². The van der Waals surface area contributed by atoms with E-state index in [0.29, 0.717) is 17.6 Å². The van der Waals surface area contributed by atoms with E-state index in [1.807, 2.05) is 12.1 Å². The molecule has 0 unspecified atom stereocenters. The maximum absolute atomic E-state index is 11.0. The smallest absolute Gasteiger partial charge is 0.209 e. The topological polar surface area (TPSA) is 32.5 Å². The Morgan fingerprint density at radius 1 is 1.00 bits per heavy atom. The summed E-state index contributed by atoms with van der Waals surface area (Å²) < 4.78 is 8.60. The van der Waals surface area contributed by atoms with Crippen LogP contribution in [0.4, 0.5) is 5.69 Å². The molecule has 0 aromatic heterocycles. The Balaban J connectivity index is 1.37. The van der Waals surface area contributed by atoms with E-state index in [1.54, 1.807) is 7.11 Å². The summed E-state index contributed by atoms with van der Waals surface area (Å²) in [5.74, 6) is 4.32. The first-order valence-corrected chi connectivity index (χ1v) is 14.4. The van der Waals surface area contributed by atoms with Gasteiger partial charge in [0.05, 0.1) is 18.1 Å². The van der Waals surface area contributed by atoms with Crippen molar-refractivity contribution in [2.45, 2.75) is 71.1 Å². The number of rotatable bonds is 7. The standard InChI is InChI=1S/C34H41NO2/c1-5-6-15-35-29-10-8-7-9-28(29)34(2,3)31(35)14-12-22-11-13-30(36)27(21-22)33(37-4)32-25-17-23-16-24(19-25)20-26(32)18-23/h7-14,21,23-26H,5-6,15-20H2,1-4H3/p+1. The number of aromatic hydroxyl groups is 1. The lowest BCUT2D eigenvalue weighted by atomic mass is 9.54. The molecule has 2 aromatic carbocycles. The minimum absolute atomic E-state index is 0.0549. The van der Waals surface area contributed by atoms with Crippen LogP contribution in [-0.4, -0.2) is 29.0 Å². The highest BCUT2D eigenvalue weighted by atomic mass is 16.5. The summed E-state index contributed by atoms with van der Waals surface area (Å²) in [5.41, 5.74) is 7.45. The predicted octanol–water partition coefficient (Wildman–Crippen LogP) is 8.10. The van der Waals surface area contributed by atoms with E-state index in [0.717, 1.165) is 35.3 Å². The molecule has 1 aliphatic heterocycles. The van der Waals surface area contributed by atoms with Crippen LogP contribution in [0.2, 0.25) is 0 Å². The Morgan fingerprint density at radius 2 is 1.70 bits per heavy atom. The van der Waals surface area contributed by atoms with Crippen LogP contribution in [0.15, 0.2) is 54.1 Å². The zero-order valence-corrected chi connectivity index (χ0v) is 23.0. The highest BCUT2D eigenvalue weighted by Crippen LogP contribution is 2.58. The van der Waals surface area contributed by atoms with Crippen LogP contribution in [0, 0.1) is 23.7 Å². The third-order valence-corrected chi connectivity index (χ3v) is 9.72. The largest absolute Gasteiger partial charge is 0.507 e. The molecule has 3 heteroatoms. The predicted molar refractivity (Wildman–Crippen MR) is 152 cm³/mol. The lowest BCUT2D eigenvalue weighted by Gasteiger charge is -2.51. The van der Waals surface area contributed by atoms with E-state index in [2.05, 4.69) is 67.8 Å². The Hall–Kier alpha value is -2.81. The van der Waals surface area contributed by atoms with Crippen LogP contribution in [-0.2, 0) is 10.2 Å². The Morgan fingerprint density at radius 3 is 2.38 bits per heavy atom. The molecule has 4 fully saturated rings. The van der Waals surface area contributed by atoms with Crippen LogP contribution in [0.3, 0.4) is 0 Å². The number of benzene rings is 2. The molecule has 0 saturated heterocycles. The molecule has 1 N–H and O–H groups in total. The van der Waals surface area contributed by atoms with Crippen molar-refractivity contribution in [3.05, 3.63) is 70.8 Å². The number of hydrogen-bond acceptors (Lipinski definition) is 2. The zero-order valence-electron chi connectivity index (χ0n) is 23.0. The number of methoxy groups -OCH3 is 1. The van der Waals surface area contributed by atoms with Crippen molar-refractivity contribution >= 4 is 23.2 Å². The SMILES string of the molecule is CCCC[N+]1=C(/C=C/c2ccc(O)c(C(OC)=C3C4CC5CC(C4)CC3C5)c2)C(C)(C)c2ccccc21. The van der Waals surface area contributed by atoms with Gasteiger partial charge in [-0.3, -0.25) is 0 Å². The molecule has 0 radical (unpaired) electrons. The van der Waals surface area contributed by atoms with Crippen molar-refractivity contribution in [2.24, 2.45) is 23.7 Å². The van der Waals surface area contributed by atoms with Gasteiger partial charge in [0.2, 0.25) is 5.69 Å². The van der Waals surface area contributed by atoms with E-state index in [-0.39, 0.29) is 5.41 Å². The maximum Gasteiger partial charge on any atom is 0.209 e. The normalized spacial score (nSPS) is 27.3. The van der Waals surface area contributed by atoms with Gasteiger partial charge in [-0.25, -0.2) is 0 Å². The van der Waals surface area contributed by atoms with Crippen molar-refractivity contribution < 1.29 is 14.4 Å². The zero-order chi connectivity index (χ0) is 25.7. The molecule has 3 nitrogen and oxygen atoms in total. The first kappa shape index (κ1) is 24.5. The minimum Gasteiger partial charge on any atom is -0.507 e. The van der Waals surface area contributed by atoms with Crippen LogP contribution >= 0.6 is 0 Å². The molecule has 194 valence electrons. The van der Waals surface area contributed by atoms with Crippen molar-refractivity contribution in [1.82, 2.24) is 0 Å². The van der Waals surface area contributed by atoms with Crippen molar-refractivity contribution in [3.8, 4) is 5.75 Å². The lowest BCUT2D eigenvalue weighted by molar-refractivity contribution is -0.438. The summed E-state index contributed by atoms with van der Waals surface area (Å²) in [5, 5.41) is 11.0. The van der Waals surface area contributed by atoms with Crippen LogP contribution in [0.5, 0.6) is 5.75 Å². The Kier molecular flexibility index (Phi) is 6.29. The number of hydrogen-bond donors (Lipinski definition) is 1. The molecule has 4 saturated carbocycles. The van der Waals surface area contributed by atoms with E-state index in [9.17, 15) is 5.11 Å². The highest BCUT2D eigenvalue weighted by Gasteiger charge is 2.47. The summed E-state index contributed by atoms with van der Waals surface area (Å²) in [6.45, 7) is 7.95. The molecular weight excluding hydrogens is 454 g/mol. The second kappa shape index (κ2) is 9.49. The third-order valence-electron chi connectivity index (χ3n) is 9.72. The summed E-state index contributed by atoms with van der Waals surface area (Å²) in [6.07, 6.45) is 13.5. The van der Waals surface area contributed by atoms with Gasteiger partial charge in [0.15, 0.2) is 5.71 Å². The molecule has 0 spiro atoms. The summed E-state index contributed by atoms with van der Waals surface area (Å²) in [6, 6.07) is 14.8. The number of ether oxygens (including phenoxy) is 1. The Bertz CT molecular complexity index is 1260. The van der Waals surface area contributed by atoms with E-state index in [4.69, 9.17) is 4.74 Å². The molecule has 7 rings (SSSR count). The molecule has 1 heterocycles. The van der Waals surface area contributed by atoms with Gasteiger partial charge >= 0.3 is 0 Å². The first-order valence-electron chi connectivity index (χ1n) is 14.4. The average molecular weight is 497 g/mol. The van der Waals surface area contributed by atoms with Gasteiger partial charge in [0.25, 0.3) is 0 Å². The fourth-order valence-corrected chi connectivity index (χ4v) is 8.16. The first-order chi connectivity index (χ1) is 17.9. The minimum atomic E-state index is -0.0549. The number of para-hydroxylation sites is 1. The van der Waals surface area contributed by atoms with E-state index >= 15 is 0 Å². The van der Waals surface area contributed by atoms with Gasteiger partial charge in [-0.1, -0.05) is 37.6 Å². The monoisotopic (exact) mass is 496 g/mol.